The standard InChI is InChI=1S/C26H40I4S8/c27-13-5-1-9-17-31-21-22(32-18-10-2-6-14-28)36-25(35-21)26-37-23(33-19-11-3-7-15-29)24(38-26)34-20-12-4-8-16-30/h1-20H2. The Morgan fingerprint density at radius 1 is 0.342 bits per heavy atom. The molecular weight excluding hydrogens is 1080 g/mol. The molecule has 12 heteroatoms. The summed E-state index contributed by atoms with van der Waals surface area (Å²) in [5.41, 5.74) is 0. The number of halogens is 4. The zero-order valence-corrected chi connectivity index (χ0v) is 37.1. The van der Waals surface area contributed by atoms with E-state index in [1.165, 1.54) is 118 Å². The molecule has 0 aliphatic carbocycles. The molecule has 0 fully saturated rings. The summed E-state index contributed by atoms with van der Waals surface area (Å²) in [6, 6.07) is 0. The number of thioether (sulfide) groups is 8. The summed E-state index contributed by atoms with van der Waals surface area (Å²) in [5.74, 6) is 5.10. The van der Waals surface area contributed by atoms with Gasteiger partial charge in [0.05, 0.1) is 25.4 Å². The predicted octanol–water partition coefficient (Wildman–Crippen LogP) is 14.7. The Morgan fingerprint density at radius 2 is 0.579 bits per heavy atom. The summed E-state index contributed by atoms with van der Waals surface area (Å²) < 4.78 is 14.7. The van der Waals surface area contributed by atoms with Crippen LogP contribution in [-0.4, -0.2) is 40.7 Å². The van der Waals surface area contributed by atoms with E-state index in [0.29, 0.717) is 0 Å². The van der Waals surface area contributed by atoms with Gasteiger partial charge in [0.1, 0.15) is 0 Å². The molecule has 2 heterocycles. The van der Waals surface area contributed by atoms with Crippen LogP contribution in [0.15, 0.2) is 25.4 Å². The van der Waals surface area contributed by atoms with Crippen molar-refractivity contribution in [3.63, 3.8) is 0 Å². The Kier molecular flexibility index (Phi) is 27.9. The summed E-state index contributed by atoms with van der Waals surface area (Å²) >= 11 is 27.0. The van der Waals surface area contributed by atoms with Crippen molar-refractivity contribution in [2.75, 3.05) is 40.7 Å². The fourth-order valence-corrected chi connectivity index (χ4v) is 17.6. The molecule has 0 saturated heterocycles. The summed E-state index contributed by atoms with van der Waals surface area (Å²) in [5, 5.41) is 0. The Morgan fingerprint density at radius 3 is 0.789 bits per heavy atom. The molecule has 0 aromatic heterocycles. The SMILES string of the molecule is ICCCCCSC1=C(SCCCCCI)SC(=C2SC(SCCCCCI)=C(SCCCCCI)S2)S1. The van der Waals surface area contributed by atoms with Crippen molar-refractivity contribution in [1.29, 1.82) is 0 Å². The minimum Gasteiger partial charge on any atom is -0.117 e. The van der Waals surface area contributed by atoms with Crippen LogP contribution in [-0.2, 0) is 0 Å². The summed E-state index contributed by atoms with van der Waals surface area (Å²) in [4.78, 5) is 0. The number of rotatable bonds is 24. The van der Waals surface area contributed by atoms with Gasteiger partial charge in [-0.2, -0.15) is 0 Å². The van der Waals surface area contributed by atoms with E-state index in [9.17, 15) is 0 Å². The van der Waals surface area contributed by atoms with E-state index < -0.39 is 0 Å². The third kappa shape index (κ3) is 17.6. The topological polar surface area (TPSA) is 0 Å². The van der Waals surface area contributed by atoms with Gasteiger partial charge in [-0.25, -0.2) is 0 Å². The smallest absolute Gasteiger partial charge is 0.0717 e. The number of alkyl halides is 4. The van der Waals surface area contributed by atoms with Gasteiger partial charge in [0, 0.05) is 0 Å². The first kappa shape index (κ1) is 39.1. The zero-order valence-electron chi connectivity index (χ0n) is 21.9. The maximum Gasteiger partial charge on any atom is 0.0717 e. The van der Waals surface area contributed by atoms with Gasteiger partial charge in [-0.05, 0) is 92.1 Å². The van der Waals surface area contributed by atoms with Crippen LogP contribution in [0.1, 0.15) is 77.0 Å². The molecule has 0 spiro atoms. The Bertz CT molecular complexity index is 629. The van der Waals surface area contributed by atoms with Crippen LogP contribution in [0, 0.1) is 0 Å². The van der Waals surface area contributed by atoms with E-state index in [1.807, 2.05) is 0 Å². The van der Waals surface area contributed by atoms with Crippen LogP contribution >= 0.6 is 184 Å². The highest BCUT2D eigenvalue weighted by molar-refractivity contribution is 14.1. The summed E-state index contributed by atoms with van der Waals surface area (Å²) in [6.45, 7) is 0. The Balaban J connectivity index is 2.00. The summed E-state index contributed by atoms with van der Waals surface area (Å²) in [7, 11) is 0. The highest BCUT2D eigenvalue weighted by atomic mass is 127. The maximum atomic E-state index is 2.51. The van der Waals surface area contributed by atoms with Gasteiger partial charge >= 0.3 is 0 Å². The maximum absolute atomic E-state index is 2.51. The lowest BCUT2D eigenvalue weighted by atomic mass is 10.3. The van der Waals surface area contributed by atoms with E-state index in [-0.39, 0.29) is 0 Å². The average molecular weight is 1120 g/mol. The van der Waals surface area contributed by atoms with Crippen molar-refractivity contribution < 1.29 is 0 Å². The normalized spacial score (nSPS) is 16.1. The van der Waals surface area contributed by atoms with Crippen molar-refractivity contribution in [3.05, 3.63) is 25.4 Å². The highest BCUT2D eigenvalue weighted by Gasteiger charge is 2.30. The van der Waals surface area contributed by atoms with E-state index in [0.717, 1.165) is 0 Å². The molecule has 0 unspecified atom stereocenters. The van der Waals surface area contributed by atoms with Crippen LogP contribution in [0.4, 0.5) is 0 Å². The van der Waals surface area contributed by atoms with Crippen LogP contribution < -0.4 is 0 Å². The predicted molar refractivity (Wildman–Crippen MR) is 232 cm³/mol. The second-order valence-electron chi connectivity index (χ2n) is 8.53. The molecule has 0 radical (unpaired) electrons. The third-order valence-corrected chi connectivity index (χ3v) is 20.3. The quantitative estimate of drug-likeness (QED) is 0.0526. The molecule has 0 N–H and O–H groups in total. The molecular formula is C26H40I4S8. The van der Waals surface area contributed by atoms with Gasteiger partial charge in [-0.1, -0.05) is 163 Å². The minimum absolute atomic E-state index is 1.27. The van der Waals surface area contributed by atoms with Gasteiger partial charge in [0.2, 0.25) is 0 Å². The van der Waals surface area contributed by atoms with Gasteiger partial charge in [-0.15, -0.1) is 47.0 Å². The Hall–Kier alpha value is 4.94. The van der Waals surface area contributed by atoms with Crippen molar-refractivity contribution in [3.8, 4) is 0 Å². The number of unbranched alkanes of at least 4 members (excludes halogenated alkanes) is 8. The lowest BCUT2D eigenvalue weighted by molar-refractivity contribution is 0.792. The molecule has 0 bridgehead atoms. The first-order valence-corrected chi connectivity index (χ1v) is 26.7. The van der Waals surface area contributed by atoms with E-state index in [1.54, 1.807) is 25.4 Å². The van der Waals surface area contributed by atoms with Gasteiger partial charge < -0.3 is 0 Å². The molecule has 38 heavy (non-hydrogen) atoms. The van der Waals surface area contributed by atoms with Crippen molar-refractivity contribution in [2.45, 2.75) is 77.0 Å². The van der Waals surface area contributed by atoms with E-state index in [2.05, 4.69) is 184 Å². The fourth-order valence-electron chi connectivity index (χ4n) is 3.22. The van der Waals surface area contributed by atoms with Crippen LogP contribution in [0.2, 0.25) is 0 Å². The lowest BCUT2D eigenvalue weighted by Crippen LogP contribution is -1.84. The lowest BCUT2D eigenvalue weighted by Gasteiger charge is -2.05. The molecule has 0 aromatic carbocycles. The van der Waals surface area contributed by atoms with Crippen molar-refractivity contribution in [2.24, 2.45) is 0 Å². The highest BCUT2D eigenvalue weighted by Crippen LogP contribution is 2.66. The van der Waals surface area contributed by atoms with E-state index in [4.69, 9.17) is 0 Å². The number of hydrogen-bond acceptors (Lipinski definition) is 8. The zero-order chi connectivity index (χ0) is 27.3. The molecule has 0 atom stereocenters. The second-order valence-corrected chi connectivity index (χ2v) is 22.9. The molecule has 220 valence electrons. The number of hydrogen-bond donors (Lipinski definition) is 0. The fraction of sp³-hybridized carbons (Fsp3) is 0.769. The molecule has 0 nitrogen and oxygen atoms in total. The Labute approximate surface area is 322 Å². The third-order valence-electron chi connectivity index (χ3n) is 5.29. The van der Waals surface area contributed by atoms with Gasteiger partial charge in [-0.3, -0.25) is 0 Å². The van der Waals surface area contributed by atoms with Crippen molar-refractivity contribution >= 4 is 184 Å². The van der Waals surface area contributed by atoms with Crippen LogP contribution in [0.25, 0.3) is 0 Å². The van der Waals surface area contributed by atoms with Crippen LogP contribution in [0.5, 0.6) is 0 Å². The molecule has 0 saturated carbocycles. The second kappa shape index (κ2) is 27.1. The van der Waals surface area contributed by atoms with Gasteiger partial charge in [0.15, 0.2) is 0 Å². The molecule has 2 aliphatic heterocycles. The molecule has 0 amide bonds. The van der Waals surface area contributed by atoms with Crippen molar-refractivity contribution in [1.82, 2.24) is 0 Å². The largest absolute Gasteiger partial charge is 0.117 e. The summed E-state index contributed by atoms with van der Waals surface area (Å²) in [6.07, 6.45) is 16.4. The molecule has 2 aliphatic rings. The minimum atomic E-state index is 1.27. The molecule has 2 rings (SSSR count). The van der Waals surface area contributed by atoms with Gasteiger partial charge in [0.25, 0.3) is 0 Å². The first-order valence-electron chi connectivity index (χ1n) is 13.4. The molecule has 0 aromatic rings. The average Bonchev–Trinajstić information content (AvgIpc) is 3.52. The first-order chi connectivity index (χ1) is 18.7. The van der Waals surface area contributed by atoms with E-state index >= 15 is 0 Å². The monoisotopic (exact) mass is 1120 g/mol. The van der Waals surface area contributed by atoms with Crippen LogP contribution in [0.3, 0.4) is 0 Å².